The Morgan fingerprint density at radius 3 is 2.54 bits per heavy atom. The second-order valence-corrected chi connectivity index (χ2v) is 11.9. The van der Waals surface area contributed by atoms with Gasteiger partial charge in [0.1, 0.15) is 17.2 Å². The van der Waals surface area contributed by atoms with E-state index in [1.165, 1.54) is 34.2 Å². The van der Waals surface area contributed by atoms with E-state index in [4.69, 9.17) is 9.97 Å². The molecule has 5 rings (SSSR count). The summed E-state index contributed by atoms with van der Waals surface area (Å²) in [6, 6.07) is 10.2. The standard InChI is InChI=1S/C29H32F2N4OS/c1-16-7-5-10-25-20(16)14-26(37-25)27-18(3)33-28(32-15-21-22(30)8-6-9-23(21)31)34-24(27)13-19-12-11-17(2)29(19,4)35-36/h5-10,17,19,26H,11-15H2,1-4H3,(H,32,33,34). The van der Waals surface area contributed by atoms with Crippen LogP contribution in [-0.4, -0.2) is 15.5 Å². The summed E-state index contributed by atoms with van der Waals surface area (Å²) in [7, 11) is 0. The van der Waals surface area contributed by atoms with Crippen molar-refractivity contribution >= 4 is 17.7 Å². The number of benzene rings is 2. The van der Waals surface area contributed by atoms with Crippen LogP contribution in [-0.2, 0) is 19.4 Å². The molecule has 1 fully saturated rings. The van der Waals surface area contributed by atoms with Gasteiger partial charge in [0.25, 0.3) is 0 Å². The molecule has 1 saturated carbocycles. The Labute approximate surface area is 220 Å². The second kappa shape index (κ2) is 10.1. The van der Waals surface area contributed by atoms with Gasteiger partial charge < -0.3 is 5.32 Å². The predicted molar refractivity (Wildman–Crippen MR) is 144 cm³/mol. The van der Waals surface area contributed by atoms with Crippen molar-refractivity contribution < 1.29 is 8.78 Å². The van der Waals surface area contributed by atoms with Gasteiger partial charge in [-0.25, -0.2) is 18.7 Å². The van der Waals surface area contributed by atoms with Crippen molar-refractivity contribution in [2.24, 2.45) is 17.0 Å². The Morgan fingerprint density at radius 1 is 1.11 bits per heavy atom. The number of halogens is 2. The molecule has 2 aliphatic rings. The van der Waals surface area contributed by atoms with Crippen molar-refractivity contribution in [1.82, 2.24) is 9.97 Å². The molecule has 2 heterocycles. The highest BCUT2D eigenvalue weighted by Gasteiger charge is 2.46. The molecule has 37 heavy (non-hydrogen) atoms. The van der Waals surface area contributed by atoms with Gasteiger partial charge in [-0.1, -0.05) is 30.3 Å². The maximum atomic E-state index is 14.2. The molecule has 1 aliphatic heterocycles. The van der Waals surface area contributed by atoms with Crippen molar-refractivity contribution in [3.63, 3.8) is 0 Å². The van der Waals surface area contributed by atoms with E-state index in [-0.39, 0.29) is 29.2 Å². The van der Waals surface area contributed by atoms with Crippen LogP contribution in [0.5, 0.6) is 0 Å². The topological polar surface area (TPSA) is 67.2 Å². The largest absolute Gasteiger partial charge is 0.350 e. The molecule has 1 N–H and O–H groups in total. The molecule has 0 saturated heterocycles. The third-order valence-electron chi connectivity index (χ3n) is 8.46. The number of fused-ring (bicyclic) bond motifs is 1. The lowest BCUT2D eigenvalue weighted by Gasteiger charge is -2.29. The third-order valence-corrected chi connectivity index (χ3v) is 9.78. The molecule has 0 amide bonds. The second-order valence-electron chi connectivity index (χ2n) is 10.6. The number of aryl methyl sites for hydroxylation is 2. The van der Waals surface area contributed by atoms with E-state index in [2.05, 4.69) is 42.5 Å². The average molecular weight is 523 g/mol. The molecule has 0 bridgehead atoms. The van der Waals surface area contributed by atoms with Crippen LogP contribution < -0.4 is 5.32 Å². The van der Waals surface area contributed by atoms with Crippen molar-refractivity contribution in [2.75, 3.05) is 5.32 Å². The molecule has 194 valence electrons. The highest BCUT2D eigenvalue weighted by atomic mass is 32.2. The zero-order valence-electron chi connectivity index (χ0n) is 21.6. The van der Waals surface area contributed by atoms with Crippen molar-refractivity contribution in [1.29, 1.82) is 0 Å². The molecule has 1 aromatic heterocycles. The number of nitroso groups, excluding NO2 is 1. The fraction of sp³-hybridized carbons (Fsp3) is 0.448. The number of nitrogens with one attached hydrogen (secondary N) is 1. The number of thioether (sulfide) groups is 1. The molecule has 0 radical (unpaired) electrons. The molecule has 2 aromatic carbocycles. The number of hydrogen-bond donors (Lipinski definition) is 1. The molecule has 5 nitrogen and oxygen atoms in total. The minimum atomic E-state index is -0.650. The number of anilines is 1. The van der Waals surface area contributed by atoms with Crippen LogP contribution in [0.2, 0.25) is 0 Å². The quantitative estimate of drug-likeness (QED) is 0.326. The van der Waals surface area contributed by atoms with E-state index < -0.39 is 17.2 Å². The van der Waals surface area contributed by atoms with Crippen LogP contribution in [0.25, 0.3) is 0 Å². The number of nitrogens with zero attached hydrogens (tertiary/aromatic N) is 3. The minimum absolute atomic E-state index is 0.0472. The first-order chi connectivity index (χ1) is 17.7. The summed E-state index contributed by atoms with van der Waals surface area (Å²) >= 11 is 1.83. The van der Waals surface area contributed by atoms with Gasteiger partial charge in [0, 0.05) is 33.5 Å². The summed E-state index contributed by atoms with van der Waals surface area (Å²) < 4.78 is 28.4. The maximum Gasteiger partial charge on any atom is 0.223 e. The highest BCUT2D eigenvalue weighted by molar-refractivity contribution is 7.99. The first kappa shape index (κ1) is 25.8. The van der Waals surface area contributed by atoms with Crippen molar-refractivity contribution in [3.05, 3.63) is 86.6 Å². The maximum absolute atomic E-state index is 14.2. The Morgan fingerprint density at radius 2 is 1.84 bits per heavy atom. The summed E-state index contributed by atoms with van der Waals surface area (Å²) in [6.07, 6.45) is 3.36. The first-order valence-corrected chi connectivity index (χ1v) is 13.7. The third kappa shape index (κ3) is 4.76. The van der Waals surface area contributed by atoms with E-state index in [1.807, 2.05) is 25.6 Å². The van der Waals surface area contributed by atoms with Gasteiger partial charge in [-0.3, -0.25) is 0 Å². The summed E-state index contributed by atoms with van der Waals surface area (Å²) in [4.78, 5) is 22.9. The minimum Gasteiger partial charge on any atom is -0.350 e. The van der Waals surface area contributed by atoms with Gasteiger partial charge in [0.05, 0.1) is 5.69 Å². The molecule has 3 aromatic rings. The van der Waals surface area contributed by atoms with Crippen LogP contribution in [0.3, 0.4) is 0 Å². The number of aromatic nitrogens is 2. The fourth-order valence-electron chi connectivity index (χ4n) is 5.90. The Balaban J connectivity index is 1.50. The highest BCUT2D eigenvalue weighted by Crippen LogP contribution is 2.50. The van der Waals surface area contributed by atoms with E-state index in [0.717, 1.165) is 36.2 Å². The molecule has 4 unspecified atom stereocenters. The number of hydrogen-bond acceptors (Lipinski definition) is 6. The monoisotopic (exact) mass is 522 g/mol. The van der Waals surface area contributed by atoms with Gasteiger partial charge in [-0.05, 0) is 87.6 Å². The van der Waals surface area contributed by atoms with Crippen LogP contribution in [0.4, 0.5) is 14.7 Å². The average Bonchev–Trinajstić information content (AvgIpc) is 3.41. The molecule has 4 atom stereocenters. The zero-order valence-corrected chi connectivity index (χ0v) is 22.5. The van der Waals surface area contributed by atoms with Crippen molar-refractivity contribution in [3.8, 4) is 0 Å². The van der Waals surface area contributed by atoms with Crippen LogP contribution in [0, 0.1) is 42.2 Å². The SMILES string of the molecule is Cc1cccc2c1CC(c1c(C)nc(NCc3c(F)cccc3F)nc1CC1CCC(C)C1(C)N=O)S2. The van der Waals surface area contributed by atoms with Crippen LogP contribution >= 0.6 is 11.8 Å². The van der Waals surface area contributed by atoms with Gasteiger partial charge in [0.2, 0.25) is 5.95 Å². The molecule has 0 spiro atoms. The van der Waals surface area contributed by atoms with E-state index in [1.54, 1.807) is 0 Å². The number of rotatable bonds is 7. The summed E-state index contributed by atoms with van der Waals surface area (Å²) in [5.41, 5.74) is 4.76. The summed E-state index contributed by atoms with van der Waals surface area (Å²) in [5, 5.41) is 6.80. The molecule has 8 heteroatoms. The van der Waals surface area contributed by atoms with Gasteiger partial charge in [0.15, 0.2) is 0 Å². The lowest BCUT2D eigenvalue weighted by Crippen LogP contribution is -2.34. The van der Waals surface area contributed by atoms with Gasteiger partial charge in [-0.15, -0.1) is 11.8 Å². The van der Waals surface area contributed by atoms with Gasteiger partial charge >= 0.3 is 0 Å². The predicted octanol–water partition coefficient (Wildman–Crippen LogP) is 7.49. The lowest BCUT2D eigenvalue weighted by atomic mass is 9.81. The van der Waals surface area contributed by atoms with E-state index >= 15 is 0 Å². The lowest BCUT2D eigenvalue weighted by molar-refractivity contribution is 0.283. The molecule has 1 aliphatic carbocycles. The van der Waals surface area contributed by atoms with Crippen LogP contribution in [0.1, 0.15) is 65.6 Å². The molecular weight excluding hydrogens is 490 g/mol. The summed E-state index contributed by atoms with van der Waals surface area (Å²) in [5.74, 6) is -0.604. The fourth-order valence-corrected chi connectivity index (χ4v) is 7.42. The first-order valence-electron chi connectivity index (χ1n) is 12.8. The van der Waals surface area contributed by atoms with Crippen molar-refractivity contribution in [2.45, 2.75) is 75.6 Å². The van der Waals surface area contributed by atoms with Gasteiger partial charge in [-0.2, -0.15) is 4.91 Å². The Bertz CT molecular complexity index is 1330. The Kier molecular flexibility index (Phi) is 7.05. The van der Waals surface area contributed by atoms with E-state index in [9.17, 15) is 13.7 Å². The summed E-state index contributed by atoms with van der Waals surface area (Å²) in [6.45, 7) is 8.10. The van der Waals surface area contributed by atoms with E-state index in [0.29, 0.717) is 12.4 Å². The van der Waals surface area contributed by atoms with Crippen LogP contribution in [0.15, 0.2) is 46.5 Å². The normalized spacial score (nSPS) is 24.8. The zero-order chi connectivity index (χ0) is 26.3. The smallest absolute Gasteiger partial charge is 0.223 e. The molecular formula is C29H32F2N4OS. The Hall–Kier alpha value is -2.87.